The molecular weight excluding hydrogens is 136 g/mol. The first-order chi connectivity index (χ1) is 4.74. The molecule has 0 aliphatic heterocycles. The van der Waals surface area contributed by atoms with Crippen molar-refractivity contribution in [3.63, 3.8) is 0 Å². The maximum atomic E-state index is 10.0. The molecule has 1 heterocycles. The number of H-pyrrole nitrogens is 1. The van der Waals surface area contributed by atoms with Crippen molar-refractivity contribution in [2.24, 2.45) is 0 Å². The Balaban J connectivity index is 2.88. The van der Waals surface area contributed by atoms with Gasteiger partial charge in [-0.1, -0.05) is 0 Å². The molecule has 0 atom stereocenters. The second-order valence-electron chi connectivity index (χ2n) is 1.78. The molecule has 10 heavy (non-hydrogen) atoms. The number of hydrogen-bond acceptors (Lipinski definition) is 3. The van der Waals surface area contributed by atoms with E-state index in [0.717, 1.165) is 0 Å². The van der Waals surface area contributed by atoms with E-state index >= 15 is 0 Å². The summed E-state index contributed by atoms with van der Waals surface area (Å²) in [6.45, 7) is -0.201. The van der Waals surface area contributed by atoms with Gasteiger partial charge in [-0.2, -0.15) is 0 Å². The smallest absolute Gasteiger partial charge is 0.321 e. The Morgan fingerprint density at radius 2 is 2.40 bits per heavy atom. The minimum absolute atomic E-state index is 0.0935. The Labute approximate surface area is 56.5 Å². The van der Waals surface area contributed by atoms with Crippen LogP contribution in [0.2, 0.25) is 0 Å². The first-order valence-corrected chi connectivity index (χ1v) is 2.67. The van der Waals surface area contributed by atoms with Crippen LogP contribution in [0, 0.1) is 10.1 Å². The number of aliphatic hydroxyl groups is 1. The van der Waals surface area contributed by atoms with Crippen molar-refractivity contribution in [1.82, 2.24) is 4.98 Å². The molecule has 0 amide bonds. The predicted molar refractivity (Wildman–Crippen MR) is 33.4 cm³/mol. The number of hydrogen-bond donors (Lipinski definition) is 2. The lowest BCUT2D eigenvalue weighted by molar-refractivity contribution is -0.389. The zero-order valence-corrected chi connectivity index (χ0v) is 5.07. The molecule has 54 valence electrons. The third kappa shape index (κ3) is 1.14. The van der Waals surface area contributed by atoms with E-state index in [1.165, 1.54) is 12.1 Å². The maximum Gasteiger partial charge on any atom is 0.321 e. The van der Waals surface area contributed by atoms with Gasteiger partial charge in [0, 0.05) is 6.07 Å². The van der Waals surface area contributed by atoms with Crippen molar-refractivity contribution in [1.29, 1.82) is 0 Å². The molecule has 0 saturated heterocycles. The van der Waals surface area contributed by atoms with Gasteiger partial charge in [0.1, 0.15) is 12.3 Å². The molecule has 0 saturated carbocycles. The van der Waals surface area contributed by atoms with Crippen LogP contribution in [0.1, 0.15) is 5.69 Å². The third-order valence-corrected chi connectivity index (χ3v) is 1.10. The summed E-state index contributed by atoms with van der Waals surface area (Å²) < 4.78 is 0. The van der Waals surface area contributed by atoms with Crippen molar-refractivity contribution < 1.29 is 10.0 Å². The van der Waals surface area contributed by atoms with Crippen LogP contribution in [-0.2, 0) is 6.61 Å². The van der Waals surface area contributed by atoms with Crippen LogP contribution in [-0.4, -0.2) is 15.0 Å². The largest absolute Gasteiger partial charge is 0.388 e. The Kier molecular flexibility index (Phi) is 1.68. The quantitative estimate of drug-likeness (QED) is 0.463. The number of nitro groups is 1. The van der Waals surface area contributed by atoms with Gasteiger partial charge in [0.15, 0.2) is 0 Å². The van der Waals surface area contributed by atoms with Gasteiger partial charge in [0.05, 0.1) is 0 Å². The molecule has 5 heteroatoms. The summed E-state index contributed by atoms with van der Waals surface area (Å²) in [6.07, 6.45) is 0. The maximum absolute atomic E-state index is 10.0. The number of nitrogens with zero attached hydrogens (tertiary/aromatic N) is 1. The molecule has 1 aromatic heterocycles. The number of nitrogens with one attached hydrogen (secondary N) is 1. The fourth-order valence-corrected chi connectivity index (χ4v) is 0.626. The van der Waals surface area contributed by atoms with E-state index in [1.54, 1.807) is 0 Å². The van der Waals surface area contributed by atoms with E-state index in [2.05, 4.69) is 4.98 Å². The van der Waals surface area contributed by atoms with Crippen molar-refractivity contribution in [3.8, 4) is 0 Å². The monoisotopic (exact) mass is 142 g/mol. The second-order valence-corrected chi connectivity index (χ2v) is 1.78. The molecule has 0 unspecified atom stereocenters. The van der Waals surface area contributed by atoms with Crippen LogP contribution in [0.25, 0.3) is 0 Å². The van der Waals surface area contributed by atoms with E-state index in [1.807, 2.05) is 0 Å². The summed E-state index contributed by atoms with van der Waals surface area (Å²) in [7, 11) is 0. The lowest BCUT2D eigenvalue weighted by Crippen LogP contribution is -1.88. The molecule has 0 radical (unpaired) electrons. The summed E-state index contributed by atoms with van der Waals surface area (Å²) in [6, 6.07) is 2.78. The Morgan fingerprint density at radius 1 is 1.70 bits per heavy atom. The SMILES string of the molecule is O=[N+]([O-])c1ccc(CO)[nH]1. The number of aromatic nitrogens is 1. The Morgan fingerprint density at radius 3 is 2.70 bits per heavy atom. The predicted octanol–water partition coefficient (Wildman–Crippen LogP) is 0.415. The third-order valence-electron chi connectivity index (χ3n) is 1.10. The van der Waals surface area contributed by atoms with E-state index in [-0.39, 0.29) is 12.4 Å². The molecule has 0 aromatic carbocycles. The lowest BCUT2D eigenvalue weighted by Gasteiger charge is -1.86. The Bertz CT molecular complexity index is 243. The minimum Gasteiger partial charge on any atom is -0.388 e. The highest BCUT2D eigenvalue weighted by Crippen LogP contribution is 2.08. The van der Waals surface area contributed by atoms with E-state index in [4.69, 9.17) is 5.11 Å². The topological polar surface area (TPSA) is 79.2 Å². The van der Waals surface area contributed by atoms with Crippen LogP contribution < -0.4 is 0 Å². The first-order valence-electron chi connectivity index (χ1n) is 2.67. The van der Waals surface area contributed by atoms with Crippen LogP contribution in [0.15, 0.2) is 12.1 Å². The van der Waals surface area contributed by atoms with E-state index < -0.39 is 4.92 Å². The van der Waals surface area contributed by atoms with Gasteiger partial charge in [0.25, 0.3) is 0 Å². The van der Waals surface area contributed by atoms with Gasteiger partial charge in [0.2, 0.25) is 0 Å². The molecule has 0 bridgehead atoms. The average molecular weight is 142 g/mol. The molecular formula is C5H6N2O3. The summed E-state index contributed by atoms with van der Waals surface area (Å²) in [4.78, 5) is 11.9. The summed E-state index contributed by atoms with van der Waals surface area (Å²) in [5, 5.41) is 18.5. The van der Waals surface area contributed by atoms with E-state index in [0.29, 0.717) is 5.69 Å². The van der Waals surface area contributed by atoms with Crippen LogP contribution in [0.4, 0.5) is 5.82 Å². The van der Waals surface area contributed by atoms with Crippen molar-refractivity contribution >= 4 is 5.82 Å². The normalized spacial score (nSPS) is 9.70. The zero-order valence-electron chi connectivity index (χ0n) is 5.07. The molecule has 1 rings (SSSR count). The van der Waals surface area contributed by atoms with Crippen LogP contribution in [0.5, 0.6) is 0 Å². The second kappa shape index (κ2) is 2.49. The number of aromatic amines is 1. The van der Waals surface area contributed by atoms with Crippen molar-refractivity contribution in [2.75, 3.05) is 0 Å². The van der Waals surface area contributed by atoms with Gasteiger partial charge in [-0.05, 0) is 11.0 Å². The molecule has 0 aliphatic carbocycles. The lowest BCUT2D eigenvalue weighted by atomic mass is 10.5. The molecule has 0 aliphatic rings. The van der Waals surface area contributed by atoms with Crippen LogP contribution in [0.3, 0.4) is 0 Å². The molecule has 0 fully saturated rings. The fraction of sp³-hybridized carbons (Fsp3) is 0.200. The fourth-order valence-electron chi connectivity index (χ4n) is 0.626. The van der Waals surface area contributed by atoms with Gasteiger partial charge in [-0.25, -0.2) is 4.98 Å². The van der Waals surface area contributed by atoms with Crippen molar-refractivity contribution in [3.05, 3.63) is 27.9 Å². The van der Waals surface area contributed by atoms with Gasteiger partial charge < -0.3 is 15.2 Å². The van der Waals surface area contributed by atoms with Gasteiger partial charge in [-0.3, -0.25) is 0 Å². The van der Waals surface area contributed by atoms with Crippen LogP contribution >= 0.6 is 0 Å². The molecule has 2 N–H and O–H groups in total. The number of rotatable bonds is 2. The molecule has 0 spiro atoms. The summed E-state index contributed by atoms with van der Waals surface area (Å²) in [5.74, 6) is -0.0935. The van der Waals surface area contributed by atoms with E-state index in [9.17, 15) is 10.1 Å². The highest BCUT2D eigenvalue weighted by Gasteiger charge is 2.05. The summed E-state index contributed by atoms with van der Waals surface area (Å²) >= 11 is 0. The highest BCUT2D eigenvalue weighted by atomic mass is 16.6. The minimum atomic E-state index is -0.542. The Hall–Kier alpha value is -1.36. The molecule has 1 aromatic rings. The summed E-state index contributed by atoms with van der Waals surface area (Å²) in [5.41, 5.74) is 0.451. The van der Waals surface area contributed by atoms with Crippen molar-refractivity contribution in [2.45, 2.75) is 6.61 Å². The van der Waals surface area contributed by atoms with Gasteiger partial charge >= 0.3 is 5.82 Å². The van der Waals surface area contributed by atoms with Gasteiger partial charge in [-0.15, -0.1) is 0 Å². The highest BCUT2D eigenvalue weighted by molar-refractivity contribution is 5.23. The first kappa shape index (κ1) is 6.76. The molecule has 5 nitrogen and oxygen atoms in total. The zero-order chi connectivity index (χ0) is 7.56. The average Bonchev–Trinajstić information content (AvgIpc) is 2.34. The standard InChI is InChI=1S/C5H6N2O3/c8-3-4-1-2-5(6-4)7(9)10/h1-2,6,8H,3H2. The number of aliphatic hydroxyl groups excluding tert-OH is 1.